The van der Waals surface area contributed by atoms with Crippen molar-refractivity contribution in [1.29, 1.82) is 0 Å². The number of hydroxylamine groups is 1. The Hall–Kier alpha value is -3.27. The maximum atomic E-state index is 12.9. The fourth-order valence-corrected chi connectivity index (χ4v) is 2.41. The Morgan fingerprint density at radius 1 is 0.760 bits per heavy atom. The van der Waals surface area contributed by atoms with Gasteiger partial charge >= 0.3 is 5.91 Å². The van der Waals surface area contributed by atoms with Crippen LogP contribution in [0.3, 0.4) is 0 Å². The molecule has 4 heteroatoms. The van der Waals surface area contributed by atoms with Gasteiger partial charge in [0.2, 0.25) is 5.60 Å². The van der Waals surface area contributed by atoms with Crippen LogP contribution in [-0.4, -0.2) is 5.91 Å². The summed E-state index contributed by atoms with van der Waals surface area (Å²) in [5.41, 5.74) is 1.99. The predicted octanol–water partition coefficient (Wildman–Crippen LogP) is 4.09. The Bertz CT molecular complexity index is 806. The van der Waals surface area contributed by atoms with Crippen molar-refractivity contribution in [2.75, 3.05) is 0 Å². The van der Waals surface area contributed by atoms with Crippen LogP contribution in [0, 0.1) is 0 Å². The van der Waals surface area contributed by atoms with E-state index in [9.17, 15) is 4.79 Å². The van der Waals surface area contributed by atoms with E-state index in [1.165, 1.54) is 0 Å². The highest BCUT2D eigenvalue weighted by Gasteiger charge is 2.38. The number of amides is 1. The van der Waals surface area contributed by atoms with Gasteiger partial charge in [0.1, 0.15) is 5.75 Å². The minimum absolute atomic E-state index is 0.397. The standard InChI is InChI=1S/C21H19NO3/c1-21(17-11-5-2-6-12-17,24-18-13-7-3-8-14-18)20(23)22-25-19-15-9-4-10-16-19/h2-16H,1H3,(H,22,23). The number of carbonyl (C=O) groups is 1. The second-order valence-corrected chi connectivity index (χ2v) is 5.66. The molecular formula is C21H19NO3. The molecular weight excluding hydrogens is 314 g/mol. The zero-order valence-corrected chi connectivity index (χ0v) is 13.9. The zero-order chi connectivity index (χ0) is 17.5. The van der Waals surface area contributed by atoms with E-state index >= 15 is 0 Å². The lowest BCUT2D eigenvalue weighted by Gasteiger charge is -2.29. The minimum Gasteiger partial charge on any atom is -0.473 e. The van der Waals surface area contributed by atoms with Gasteiger partial charge in [-0.15, -0.1) is 0 Å². The molecule has 0 aliphatic carbocycles. The second kappa shape index (κ2) is 7.53. The molecule has 0 aliphatic heterocycles. The summed E-state index contributed by atoms with van der Waals surface area (Å²) in [5, 5.41) is 0. The molecule has 0 saturated heterocycles. The molecule has 1 N–H and O–H groups in total. The monoisotopic (exact) mass is 333 g/mol. The van der Waals surface area contributed by atoms with Gasteiger partial charge in [-0.05, 0) is 31.2 Å². The van der Waals surface area contributed by atoms with E-state index in [1.54, 1.807) is 19.1 Å². The number of rotatable bonds is 6. The fraction of sp³-hybridized carbons (Fsp3) is 0.0952. The molecule has 0 bridgehead atoms. The van der Waals surface area contributed by atoms with Crippen molar-refractivity contribution >= 4 is 5.91 Å². The molecule has 1 amide bonds. The third-order valence-electron chi connectivity index (χ3n) is 3.83. The van der Waals surface area contributed by atoms with Gasteiger partial charge in [-0.25, -0.2) is 0 Å². The van der Waals surface area contributed by atoms with Crippen molar-refractivity contribution in [3.05, 3.63) is 96.6 Å². The van der Waals surface area contributed by atoms with Crippen LogP contribution < -0.4 is 15.1 Å². The van der Waals surface area contributed by atoms with Crippen LogP contribution in [0.15, 0.2) is 91.0 Å². The van der Waals surface area contributed by atoms with E-state index in [2.05, 4.69) is 5.48 Å². The predicted molar refractivity (Wildman–Crippen MR) is 96.1 cm³/mol. The average molecular weight is 333 g/mol. The topological polar surface area (TPSA) is 47.6 Å². The van der Waals surface area contributed by atoms with Crippen molar-refractivity contribution in [2.24, 2.45) is 0 Å². The molecule has 0 aliphatic rings. The van der Waals surface area contributed by atoms with E-state index < -0.39 is 11.5 Å². The molecule has 0 saturated carbocycles. The first kappa shape index (κ1) is 16.6. The molecule has 1 unspecified atom stereocenters. The third-order valence-corrected chi connectivity index (χ3v) is 3.83. The van der Waals surface area contributed by atoms with Crippen molar-refractivity contribution in [3.63, 3.8) is 0 Å². The Morgan fingerprint density at radius 2 is 1.24 bits per heavy atom. The number of benzene rings is 3. The quantitative estimate of drug-likeness (QED) is 0.691. The molecule has 3 rings (SSSR count). The summed E-state index contributed by atoms with van der Waals surface area (Å²) in [7, 11) is 0. The number of hydrogen-bond acceptors (Lipinski definition) is 3. The van der Waals surface area contributed by atoms with Crippen LogP contribution >= 0.6 is 0 Å². The second-order valence-electron chi connectivity index (χ2n) is 5.66. The lowest BCUT2D eigenvalue weighted by Crippen LogP contribution is -2.47. The highest BCUT2D eigenvalue weighted by molar-refractivity contribution is 5.86. The van der Waals surface area contributed by atoms with E-state index in [0.717, 1.165) is 5.56 Å². The molecule has 1 atom stereocenters. The fourth-order valence-electron chi connectivity index (χ4n) is 2.41. The first-order valence-corrected chi connectivity index (χ1v) is 8.00. The molecule has 4 nitrogen and oxygen atoms in total. The van der Waals surface area contributed by atoms with Gasteiger partial charge < -0.3 is 9.57 Å². The maximum Gasteiger partial charge on any atom is 0.301 e. The lowest BCUT2D eigenvalue weighted by molar-refractivity contribution is -0.143. The summed E-state index contributed by atoms with van der Waals surface area (Å²) < 4.78 is 6.05. The zero-order valence-electron chi connectivity index (χ0n) is 13.9. The SMILES string of the molecule is CC(Oc1ccccc1)(C(=O)NOc1ccccc1)c1ccccc1. The van der Waals surface area contributed by atoms with Crippen LogP contribution in [0.25, 0.3) is 0 Å². The smallest absolute Gasteiger partial charge is 0.301 e. The normalized spacial score (nSPS) is 12.7. The molecule has 25 heavy (non-hydrogen) atoms. The van der Waals surface area contributed by atoms with Gasteiger partial charge in [-0.1, -0.05) is 66.7 Å². The van der Waals surface area contributed by atoms with Gasteiger partial charge in [0.15, 0.2) is 5.75 Å². The molecule has 126 valence electrons. The Morgan fingerprint density at radius 3 is 1.80 bits per heavy atom. The lowest BCUT2D eigenvalue weighted by atomic mass is 9.95. The summed E-state index contributed by atoms with van der Waals surface area (Å²) in [5.74, 6) is 0.751. The molecule has 0 radical (unpaired) electrons. The van der Waals surface area contributed by atoms with E-state index in [0.29, 0.717) is 11.5 Å². The summed E-state index contributed by atoms with van der Waals surface area (Å²) in [6.45, 7) is 1.72. The third kappa shape index (κ3) is 3.98. The number of nitrogens with one attached hydrogen (secondary N) is 1. The van der Waals surface area contributed by atoms with E-state index in [-0.39, 0.29) is 0 Å². The van der Waals surface area contributed by atoms with E-state index in [1.807, 2.05) is 78.9 Å². The number of hydrogen-bond donors (Lipinski definition) is 1. The van der Waals surface area contributed by atoms with Crippen molar-refractivity contribution in [1.82, 2.24) is 5.48 Å². The average Bonchev–Trinajstić information content (AvgIpc) is 2.68. The molecule has 0 fully saturated rings. The van der Waals surface area contributed by atoms with Gasteiger partial charge in [0.25, 0.3) is 0 Å². The summed E-state index contributed by atoms with van der Waals surface area (Å²) in [6, 6.07) is 27.6. The summed E-state index contributed by atoms with van der Waals surface area (Å²) in [4.78, 5) is 18.3. The summed E-state index contributed by atoms with van der Waals surface area (Å²) in [6.07, 6.45) is 0. The molecule has 3 aromatic rings. The summed E-state index contributed by atoms with van der Waals surface area (Å²) >= 11 is 0. The Kier molecular flexibility index (Phi) is 5.00. The molecule has 3 aromatic carbocycles. The van der Waals surface area contributed by atoms with Gasteiger partial charge in [0.05, 0.1) is 0 Å². The van der Waals surface area contributed by atoms with Crippen LogP contribution in [-0.2, 0) is 10.4 Å². The van der Waals surface area contributed by atoms with Crippen LogP contribution in [0.4, 0.5) is 0 Å². The van der Waals surface area contributed by atoms with Crippen LogP contribution in [0.5, 0.6) is 11.5 Å². The molecule has 0 aromatic heterocycles. The number of ether oxygens (including phenoxy) is 1. The van der Waals surface area contributed by atoms with Crippen molar-refractivity contribution in [2.45, 2.75) is 12.5 Å². The highest BCUT2D eigenvalue weighted by Crippen LogP contribution is 2.28. The van der Waals surface area contributed by atoms with Crippen molar-refractivity contribution < 1.29 is 14.4 Å². The Labute approximate surface area is 147 Å². The van der Waals surface area contributed by atoms with Gasteiger partial charge in [0, 0.05) is 5.56 Å². The largest absolute Gasteiger partial charge is 0.473 e. The number of para-hydroxylation sites is 2. The van der Waals surface area contributed by atoms with Gasteiger partial charge in [-0.3, -0.25) is 4.79 Å². The van der Waals surface area contributed by atoms with Crippen LogP contribution in [0.2, 0.25) is 0 Å². The first-order valence-electron chi connectivity index (χ1n) is 8.00. The van der Waals surface area contributed by atoms with E-state index in [4.69, 9.17) is 9.57 Å². The Balaban J connectivity index is 1.84. The highest BCUT2D eigenvalue weighted by atomic mass is 16.7. The maximum absolute atomic E-state index is 12.9. The first-order chi connectivity index (χ1) is 12.2. The van der Waals surface area contributed by atoms with Gasteiger partial charge in [-0.2, -0.15) is 5.48 Å². The molecule has 0 spiro atoms. The minimum atomic E-state index is -1.24. The number of carbonyl (C=O) groups excluding carboxylic acids is 1. The molecule has 0 heterocycles. The van der Waals surface area contributed by atoms with Crippen molar-refractivity contribution in [3.8, 4) is 11.5 Å². The van der Waals surface area contributed by atoms with Crippen LogP contribution in [0.1, 0.15) is 12.5 Å².